The quantitative estimate of drug-likeness (QED) is 0.475. The topological polar surface area (TPSA) is 158 Å². The van der Waals surface area contributed by atoms with Crippen LogP contribution in [0, 0.1) is 0 Å². The molecule has 0 aliphatic carbocycles. The number of aromatic amines is 1. The molecule has 0 saturated carbocycles. The van der Waals surface area contributed by atoms with Crippen molar-refractivity contribution in [2.45, 2.75) is 31.4 Å². The lowest BCUT2D eigenvalue weighted by Crippen LogP contribution is -2.29. The van der Waals surface area contributed by atoms with Crippen molar-refractivity contribution in [3.63, 3.8) is 0 Å². The van der Waals surface area contributed by atoms with Gasteiger partial charge in [-0.1, -0.05) is 0 Å². The molecule has 1 aliphatic heterocycles. The molecular formula is C13H19N5O6. The monoisotopic (exact) mass is 341 g/mol. The Morgan fingerprint density at radius 2 is 2.25 bits per heavy atom. The van der Waals surface area contributed by atoms with Crippen LogP contribution in [-0.4, -0.2) is 61.8 Å². The van der Waals surface area contributed by atoms with Gasteiger partial charge in [0.15, 0.2) is 11.2 Å². The van der Waals surface area contributed by atoms with Crippen LogP contribution in [0.15, 0.2) is 9.59 Å². The second-order valence-electron chi connectivity index (χ2n) is 5.54. The number of fused-ring (bicyclic) bond motifs is 1. The van der Waals surface area contributed by atoms with Crippen LogP contribution in [0.3, 0.4) is 0 Å². The summed E-state index contributed by atoms with van der Waals surface area (Å²) in [4.78, 5) is 31.4. The lowest BCUT2D eigenvalue weighted by atomic mass is 10.2. The zero-order valence-corrected chi connectivity index (χ0v) is 13.0. The number of ether oxygens (including phenoxy) is 2. The molecule has 3 heterocycles. The average molecular weight is 341 g/mol. The van der Waals surface area contributed by atoms with Gasteiger partial charge in [0.25, 0.3) is 5.56 Å². The number of hydrogen-bond acceptors (Lipinski definition) is 8. The Labute approximate surface area is 135 Å². The van der Waals surface area contributed by atoms with Crippen molar-refractivity contribution in [2.24, 2.45) is 0 Å². The molecule has 0 spiro atoms. The van der Waals surface area contributed by atoms with Gasteiger partial charge in [0, 0.05) is 13.5 Å². The molecule has 3 rings (SSSR count). The Kier molecular flexibility index (Phi) is 4.41. The summed E-state index contributed by atoms with van der Waals surface area (Å²) in [5.74, 6) is -0.137. The maximum Gasteiger partial charge on any atom is 0.332 e. The Morgan fingerprint density at radius 1 is 1.50 bits per heavy atom. The Hall–Kier alpha value is -2.21. The van der Waals surface area contributed by atoms with Gasteiger partial charge < -0.3 is 25.4 Å². The van der Waals surface area contributed by atoms with Crippen molar-refractivity contribution in [1.82, 2.24) is 19.1 Å². The first-order valence-corrected chi connectivity index (χ1v) is 7.41. The summed E-state index contributed by atoms with van der Waals surface area (Å²) in [7, 11) is 1.48. The van der Waals surface area contributed by atoms with E-state index in [2.05, 4.69) is 9.97 Å². The van der Waals surface area contributed by atoms with Crippen molar-refractivity contribution in [2.75, 3.05) is 26.1 Å². The van der Waals surface area contributed by atoms with Crippen LogP contribution in [0.5, 0.6) is 0 Å². The fraction of sp³-hybridized carbons (Fsp3) is 0.615. The second-order valence-corrected chi connectivity index (χ2v) is 5.54. The zero-order valence-electron chi connectivity index (χ0n) is 13.0. The Balaban J connectivity index is 2.19. The summed E-state index contributed by atoms with van der Waals surface area (Å²) >= 11 is 0. The van der Waals surface area contributed by atoms with Crippen molar-refractivity contribution in [3.8, 4) is 0 Å². The molecule has 1 aliphatic rings. The van der Waals surface area contributed by atoms with Crippen molar-refractivity contribution >= 4 is 17.1 Å². The van der Waals surface area contributed by atoms with Gasteiger partial charge in [-0.05, 0) is 0 Å². The third-order valence-electron chi connectivity index (χ3n) is 4.02. The number of nitrogens with zero attached hydrogens (tertiary/aromatic N) is 3. The van der Waals surface area contributed by atoms with Crippen molar-refractivity contribution in [3.05, 3.63) is 20.8 Å². The number of aliphatic hydroxyl groups excluding tert-OH is 2. The second kappa shape index (κ2) is 6.36. The van der Waals surface area contributed by atoms with Crippen molar-refractivity contribution < 1.29 is 19.7 Å². The maximum absolute atomic E-state index is 12.8. The molecule has 1 saturated heterocycles. The first-order chi connectivity index (χ1) is 11.5. The van der Waals surface area contributed by atoms with E-state index in [0.717, 1.165) is 0 Å². The number of aliphatic hydroxyl groups is 2. The summed E-state index contributed by atoms with van der Waals surface area (Å²) in [5.41, 5.74) is 4.62. The lowest BCUT2D eigenvalue weighted by Gasteiger charge is -2.12. The summed E-state index contributed by atoms with van der Waals surface area (Å²) in [6, 6.07) is 0. The van der Waals surface area contributed by atoms with Gasteiger partial charge in [-0.25, -0.2) is 9.36 Å². The van der Waals surface area contributed by atoms with E-state index in [-0.39, 0.29) is 43.3 Å². The molecular weight excluding hydrogens is 322 g/mol. The predicted octanol–water partition coefficient (Wildman–Crippen LogP) is -2.24. The molecule has 11 nitrogen and oxygen atoms in total. The zero-order chi connectivity index (χ0) is 17.4. The van der Waals surface area contributed by atoms with Crippen LogP contribution < -0.4 is 17.0 Å². The number of H-pyrrole nitrogens is 1. The van der Waals surface area contributed by atoms with Gasteiger partial charge in [0.2, 0.25) is 5.95 Å². The molecule has 24 heavy (non-hydrogen) atoms. The van der Waals surface area contributed by atoms with Gasteiger partial charge in [0.05, 0.1) is 25.9 Å². The number of imidazole rings is 1. The summed E-state index contributed by atoms with van der Waals surface area (Å²) < 4.78 is 12.9. The minimum Gasteiger partial charge on any atom is -0.394 e. The number of nitrogens with two attached hydrogens (primary N) is 1. The van der Waals surface area contributed by atoms with Crippen LogP contribution in [0.25, 0.3) is 11.2 Å². The fourth-order valence-electron chi connectivity index (χ4n) is 2.89. The van der Waals surface area contributed by atoms with E-state index in [4.69, 9.17) is 15.2 Å². The van der Waals surface area contributed by atoms with Crippen LogP contribution in [-0.2, 0) is 16.0 Å². The highest BCUT2D eigenvalue weighted by Crippen LogP contribution is 2.29. The molecule has 3 atom stereocenters. The third-order valence-corrected chi connectivity index (χ3v) is 4.02. The number of methoxy groups -OCH3 is 1. The highest BCUT2D eigenvalue weighted by Gasteiger charge is 2.37. The molecule has 0 radical (unpaired) electrons. The fourth-order valence-corrected chi connectivity index (χ4v) is 2.89. The number of hydrogen-bond donors (Lipinski definition) is 4. The highest BCUT2D eigenvalue weighted by atomic mass is 16.5. The molecule has 11 heteroatoms. The summed E-state index contributed by atoms with van der Waals surface area (Å²) in [6.45, 7) is -0.0205. The van der Waals surface area contributed by atoms with Gasteiger partial charge in [-0.2, -0.15) is 4.98 Å². The smallest absolute Gasteiger partial charge is 0.332 e. The molecule has 132 valence electrons. The standard InChI is InChI=1S/C13H19N5O6/c1-23-3-2-17-9-10(15-12(14)16-11(9)21)18(13(17)22)8-4-6(20)7(5-19)24-8/h6-8,19-20H,2-5H2,1H3,(H3,14,15,16,21). The first-order valence-electron chi connectivity index (χ1n) is 7.41. The van der Waals surface area contributed by atoms with Gasteiger partial charge in [-0.15, -0.1) is 0 Å². The number of nitrogens with one attached hydrogen (secondary N) is 1. The lowest BCUT2D eigenvalue weighted by molar-refractivity contribution is -0.0444. The predicted molar refractivity (Wildman–Crippen MR) is 82.5 cm³/mol. The minimum absolute atomic E-state index is 0.0526. The Bertz CT molecular complexity index is 855. The van der Waals surface area contributed by atoms with E-state index in [0.29, 0.717) is 0 Å². The van der Waals surface area contributed by atoms with Crippen LogP contribution in [0.4, 0.5) is 5.95 Å². The summed E-state index contributed by atoms with van der Waals surface area (Å²) in [6.07, 6.45) is -2.50. The van der Waals surface area contributed by atoms with E-state index in [1.807, 2.05) is 0 Å². The first kappa shape index (κ1) is 16.6. The van der Waals surface area contributed by atoms with Crippen LogP contribution in [0.2, 0.25) is 0 Å². The Morgan fingerprint density at radius 3 is 2.88 bits per heavy atom. The van der Waals surface area contributed by atoms with E-state index < -0.39 is 29.7 Å². The van der Waals surface area contributed by atoms with E-state index in [1.165, 1.54) is 16.2 Å². The van der Waals surface area contributed by atoms with Crippen LogP contribution in [0.1, 0.15) is 12.6 Å². The van der Waals surface area contributed by atoms with Gasteiger partial charge in [-0.3, -0.25) is 14.3 Å². The number of nitrogen functional groups attached to an aromatic ring is 1. The molecule has 2 aromatic heterocycles. The van der Waals surface area contributed by atoms with E-state index >= 15 is 0 Å². The van der Waals surface area contributed by atoms with Gasteiger partial charge in [0.1, 0.15) is 12.3 Å². The molecule has 3 unspecified atom stereocenters. The van der Waals surface area contributed by atoms with E-state index in [1.54, 1.807) is 0 Å². The van der Waals surface area contributed by atoms with Gasteiger partial charge >= 0.3 is 5.69 Å². The average Bonchev–Trinajstić information content (AvgIpc) is 3.02. The van der Waals surface area contributed by atoms with E-state index in [9.17, 15) is 19.8 Å². The molecule has 0 amide bonds. The molecule has 0 bridgehead atoms. The number of anilines is 1. The van der Waals surface area contributed by atoms with Crippen LogP contribution >= 0.6 is 0 Å². The summed E-state index contributed by atoms with van der Waals surface area (Å²) in [5, 5.41) is 19.1. The minimum atomic E-state index is -0.927. The number of aromatic nitrogens is 4. The maximum atomic E-state index is 12.8. The highest BCUT2D eigenvalue weighted by molar-refractivity contribution is 5.71. The molecule has 5 N–H and O–H groups in total. The largest absolute Gasteiger partial charge is 0.394 e. The normalized spacial score (nSPS) is 24.0. The van der Waals surface area contributed by atoms with Crippen molar-refractivity contribution in [1.29, 1.82) is 0 Å². The number of rotatable bonds is 5. The molecule has 1 fully saturated rings. The molecule has 2 aromatic rings. The SMILES string of the molecule is COCCn1c(=O)n(C2CC(O)C(CO)O2)c2nc(N)[nH]c(=O)c21. The molecule has 0 aromatic carbocycles. The third kappa shape index (κ3) is 2.60.